The summed E-state index contributed by atoms with van der Waals surface area (Å²) in [6.07, 6.45) is 10.9. The smallest absolute Gasteiger partial charge is 0.0364 e. The molecule has 1 saturated carbocycles. The van der Waals surface area contributed by atoms with Gasteiger partial charge in [0.15, 0.2) is 0 Å². The predicted molar refractivity (Wildman–Crippen MR) is 55.7 cm³/mol. The zero-order valence-corrected chi connectivity index (χ0v) is 8.95. The minimum Gasteiger partial charge on any atom is -0.123 e. The van der Waals surface area contributed by atoms with Gasteiger partial charge in [-0.25, -0.2) is 0 Å². The average molecular weight is 189 g/mol. The van der Waals surface area contributed by atoms with Crippen LogP contribution in [-0.4, -0.2) is 5.38 Å². The van der Waals surface area contributed by atoms with Crippen LogP contribution >= 0.6 is 11.6 Å². The van der Waals surface area contributed by atoms with Gasteiger partial charge in [0.2, 0.25) is 0 Å². The van der Waals surface area contributed by atoms with Crippen LogP contribution in [0, 0.1) is 5.92 Å². The molecule has 0 N–H and O–H groups in total. The van der Waals surface area contributed by atoms with Crippen LogP contribution in [0.4, 0.5) is 0 Å². The van der Waals surface area contributed by atoms with Crippen molar-refractivity contribution >= 4 is 11.6 Å². The van der Waals surface area contributed by atoms with Crippen molar-refractivity contribution in [2.75, 3.05) is 0 Å². The van der Waals surface area contributed by atoms with E-state index in [1.165, 1.54) is 51.4 Å². The SMILES string of the molecule is CCCCCC(Cl)C1CCCC1. The quantitative estimate of drug-likeness (QED) is 0.444. The zero-order chi connectivity index (χ0) is 8.81. The fraction of sp³-hybridized carbons (Fsp3) is 1.00. The Morgan fingerprint density at radius 1 is 1.25 bits per heavy atom. The molecule has 1 heteroatoms. The van der Waals surface area contributed by atoms with Gasteiger partial charge in [-0.1, -0.05) is 39.0 Å². The van der Waals surface area contributed by atoms with Crippen molar-refractivity contribution in [1.29, 1.82) is 0 Å². The predicted octanol–water partition coefficient (Wildman–Crippen LogP) is 4.36. The second kappa shape index (κ2) is 5.85. The van der Waals surface area contributed by atoms with Crippen molar-refractivity contribution in [3.8, 4) is 0 Å². The zero-order valence-electron chi connectivity index (χ0n) is 8.19. The van der Waals surface area contributed by atoms with Gasteiger partial charge in [0.05, 0.1) is 0 Å². The Hall–Kier alpha value is 0.290. The molecule has 72 valence electrons. The van der Waals surface area contributed by atoms with Crippen molar-refractivity contribution in [2.45, 2.75) is 63.7 Å². The lowest BCUT2D eigenvalue weighted by Crippen LogP contribution is -2.10. The molecule has 1 rings (SSSR count). The number of unbranched alkanes of at least 4 members (excludes halogenated alkanes) is 2. The molecule has 0 aromatic carbocycles. The van der Waals surface area contributed by atoms with Gasteiger partial charge in [0, 0.05) is 5.38 Å². The molecule has 0 aromatic rings. The summed E-state index contributed by atoms with van der Waals surface area (Å²) in [4.78, 5) is 0. The van der Waals surface area contributed by atoms with Crippen LogP contribution in [0.2, 0.25) is 0 Å². The topological polar surface area (TPSA) is 0 Å². The van der Waals surface area contributed by atoms with E-state index in [-0.39, 0.29) is 0 Å². The summed E-state index contributed by atoms with van der Waals surface area (Å²) in [5.74, 6) is 0.850. The fourth-order valence-electron chi connectivity index (χ4n) is 2.14. The molecule has 1 unspecified atom stereocenters. The molecule has 0 amide bonds. The minimum absolute atomic E-state index is 0.485. The molecule has 0 heterocycles. The lowest BCUT2D eigenvalue weighted by Gasteiger charge is -2.15. The molecular weight excluding hydrogens is 168 g/mol. The van der Waals surface area contributed by atoms with E-state index in [4.69, 9.17) is 11.6 Å². The van der Waals surface area contributed by atoms with Gasteiger partial charge >= 0.3 is 0 Å². The molecule has 1 aliphatic rings. The Morgan fingerprint density at radius 3 is 2.50 bits per heavy atom. The molecule has 12 heavy (non-hydrogen) atoms. The lowest BCUT2D eigenvalue weighted by atomic mass is 9.99. The first kappa shape index (κ1) is 10.4. The molecule has 0 nitrogen and oxygen atoms in total. The summed E-state index contributed by atoms with van der Waals surface area (Å²) < 4.78 is 0. The van der Waals surface area contributed by atoms with Gasteiger partial charge in [-0.2, -0.15) is 0 Å². The van der Waals surface area contributed by atoms with E-state index in [1.807, 2.05) is 0 Å². The number of alkyl halides is 1. The third kappa shape index (κ3) is 3.35. The second-order valence-corrected chi connectivity index (χ2v) is 4.62. The first-order valence-corrected chi connectivity index (χ1v) is 5.92. The number of rotatable bonds is 5. The summed E-state index contributed by atoms with van der Waals surface area (Å²) in [6, 6.07) is 0. The van der Waals surface area contributed by atoms with Crippen molar-refractivity contribution in [3.63, 3.8) is 0 Å². The summed E-state index contributed by atoms with van der Waals surface area (Å²) in [5.41, 5.74) is 0. The number of halogens is 1. The first-order valence-electron chi connectivity index (χ1n) is 5.48. The molecule has 0 aliphatic heterocycles. The van der Waals surface area contributed by atoms with Crippen molar-refractivity contribution in [1.82, 2.24) is 0 Å². The molecule has 0 aromatic heterocycles. The lowest BCUT2D eigenvalue weighted by molar-refractivity contribution is 0.475. The van der Waals surface area contributed by atoms with E-state index in [0.717, 1.165) is 5.92 Å². The van der Waals surface area contributed by atoms with Gasteiger partial charge in [0.25, 0.3) is 0 Å². The summed E-state index contributed by atoms with van der Waals surface area (Å²) >= 11 is 6.32. The van der Waals surface area contributed by atoms with E-state index < -0.39 is 0 Å². The average Bonchev–Trinajstić information content (AvgIpc) is 2.56. The molecule has 1 fully saturated rings. The monoisotopic (exact) mass is 188 g/mol. The van der Waals surface area contributed by atoms with E-state index in [2.05, 4.69) is 6.92 Å². The standard InChI is InChI=1S/C11H21Cl/c1-2-3-4-9-11(12)10-7-5-6-8-10/h10-11H,2-9H2,1H3. The minimum atomic E-state index is 0.485. The van der Waals surface area contributed by atoms with E-state index in [9.17, 15) is 0 Å². The Bertz CT molecular complexity index is 106. The van der Waals surface area contributed by atoms with Gasteiger partial charge < -0.3 is 0 Å². The first-order chi connectivity index (χ1) is 5.84. The van der Waals surface area contributed by atoms with Gasteiger partial charge in [-0.05, 0) is 25.2 Å². The third-order valence-corrected chi connectivity index (χ3v) is 3.57. The normalized spacial score (nSPS) is 21.5. The van der Waals surface area contributed by atoms with Gasteiger partial charge in [-0.3, -0.25) is 0 Å². The molecular formula is C11H21Cl. The largest absolute Gasteiger partial charge is 0.123 e. The van der Waals surface area contributed by atoms with E-state index >= 15 is 0 Å². The highest BCUT2D eigenvalue weighted by Crippen LogP contribution is 2.32. The van der Waals surface area contributed by atoms with Crippen molar-refractivity contribution < 1.29 is 0 Å². The van der Waals surface area contributed by atoms with E-state index in [1.54, 1.807) is 0 Å². The highest BCUT2D eigenvalue weighted by atomic mass is 35.5. The summed E-state index contributed by atoms with van der Waals surface area (Å²) in [6.45, 7) is 2.25. The molecule has 1 atom stereocenters. The maximum atomic E-state index is 6.32. The highest BCUT2D eigenvalue weighted by molar-refractivity contribution is 6.20. The fourth-order valence-corrected chi connectivity index (χ4v) is 2.55. The summed E-state index contributed by atoms with van der Waals surface area (Å²) in [7, 11) is 0. The Kier molecular flexibility index (Phi) is 5.06. The highest BCUT2D eigenvalue weighted by Gasteiger charge is 2.22. The molecule has 0 bridgehead atoms. The van der Waals surface area contributed by atoms with Crippen LogP contribution in [0.15, 0.2) is 0 Å². The van der Waals surface area contributed by atoms with Crippen LogP contribution < -0.4 is 0 Å². The Balaban J connectivity index is 2.05. The summed E-state index contributed by atoms with van der Waals surface area (Å²) in [5, 5.41) is 0.485. The molecule has 0 spiro atoms. The van der Waals surface area contributed by atoms with Gasteiger partial charge in [0.1, 0.15) is 0 Å². The molecule has 0 radical (unpaired) electrons. The van der Waals surface area contributed by atoms with E-state index in [0.29, 0.717) is 5.38 Å². The Morgan fingerprint density at radius 2 is 1.92 bits per heavy atom. The number of hydrogen-bond acceptors (Lipinski definition) is 0. The number of hydrogen-bond donors (Lipinski definition) is 0. The Labute approximate surface area is 81.7 Å². The van der Waals surface area contributed by atoms with Crippen LogP contribution in [-0.2, 0) is 0 Å². The third-order valence-electron chi connectivity index (χ3n) is 2.99. The van der Waals surface area contributed by atoms with Crippen LogP contribution in [0.3, 0.4) is 0 Å². The maximum Gasteiger partial charge on any atom is 0.0364 e. The van der Waals surface area contributed by atoms with Crippen molar-refractivity contribution in [2.24, 2.45) is 5.92 Å². The van der Waals surface area contributed by atoms with Crippen LogP contribution in [0.25, 0.3) is 0 Å². The van der Waals surface area contributed by atoms with Crippen LogP contribution in [0.5, 0.6) is 0 Å². The van der Waals surface area contributed by atoms with Gasteiger partial charge in [-0.15, -0.1) is 11.6 Å². The van der Waals surface area contributed by atoms with Crippen LogP contribution in [0.1, 0.15) is 58.3 Å². The maximum absolute atomic E-state index is 6.32. The van der Waals surface area contributed by atoms with Crippen molar-refractivity contribution in [3.05, 3.63) is 0 Å². The second-order valence-electron chi connectivity index (χ2n) is 4.06. The molecule has 1 aliphatic carbocycles. The molecule has 0 saturated heterocycles.